The predicted molar refractivity (Wildman–Crippen MR) is 73.9 cm³/mol. The normalized spacial score (nSPS) is 9.95. The Labute approximate surface area is 120 Å². The summed E-state index contributed by atoms with van der Waals surface area (Å²) in [5.41, 5.74) is 14.4. The van der Waals surface area contributed by atoms with Crippen molar-refractivity contribution < 1.29 is 14.3 Å². The maximum atomic E-state index is 11.4. The number of nitrogens with zero attached hydrogens (tertiary/aromatic N) is 2. The lowest BCUT2D eigenvalue weighted by molar-refractivity contribution is 0.251. The molecule has 2 amide bonds. The van der Waals surface area contributed by atoms with Gasteiger partial charge in [0, 0.05) is 6.08 Å². The first-order valence-corrected chi connectivity index (χ1v) is 5.66. The summed E-state index contributed by atoms with van der Waals surface area (Å²) in [6.45, 7) is -0.0392. The van der Waals surface area contributed by atoms with E-state index >= 15 is 0 Å². The number of methoxy groups -OCH3 is 1. The van der Waals surface area contributed by atoms with Crippen LogP contribution in [0, 0.1) is 10.9 Å². The molecule has 21 heavy (non-hydrogen) atoms. The quantitative estimate of drug-likeness (QED) is 0.230. The minimum atomic E-state index is -0.710. The highest BCUT2D eigenvalue weighted by Gasteiger charge is 2.13. The molecule has 1 heterocycles. The summed E-state index contributed by atoms with van der Waals surface area (Å²) in [6, 6.07) is -0.710. The number of anilines is 1. The first kappa shape index (κ1) is 15.9. The molecule has 0 unspecified atom stereocenters. The van der Waals surface area contributed by atoms with Crippen LogP contribution in [0.3, 0.4) is 0 Å². The molecule has 112 valence electrons. The number of amides is 2. The van der Waals surface area contributed by atoms with Crippen LogP contribution in [0.25, 0.3) is 0 Å². The molecule has 10 nitrogen and oxygen atoms in total. The molecule has 0 aliphatic rings. The SMILES string of the molecule is COc1cncc(NC(=O)NN=N)c1COC(=N)/C=C\N. The van der Waals surface area contributed by atoms with Crippen LogP contribution in [0.1, 0.15) is 5.56 Å². The number of ether oxygens (including phenoxy) is 2. The number of rotatable bonds is 6. The topological polar surface area (TPSA) is 159 Å². The lowest BCUT2D eigenvalue weighted by Gasteiger charge is -2.14. The third-order valence-corrected chi connectivity index (χ3v) is 2.26. The van der Waals surface area contributed by atoms with Crippen molar-refractivity contribution in [3.8, 4) is 5.75 Å². The molecule has 0 aliphatic heterocycles. The van der Waals surface area contributed by atoms with E-state index in [1.165, 1.54) is 31.8 Å². The Morgan fingerprint density at radius 1 is 1.57 bits per heavy atom. The van der Waals surface area contributed by atoms with E-state index in [0.29, 0.717) is 17.0 Å². The van der Waals surface area contributed by atoms with Crippen LogP contribution in [0.2, 0.25) is 0 Å². The zero-order valence-corrected chi connectivity index (χ0v) is 11.2. The molecule has 0 bridgehead atoms. The van der Waals surface area contributed by atoms with Crippen molar-refractivity contribution in [3.63, 3.8) is 0 Å². The fourth-order valence-electron chi connectivity index (χ4n) is 1.39. The summed E-state index contributed by atoms with van der Waals surface area (Å²) < 4.78 is 10.3. The van der Waals surface area contributed by atoms with E-state index in [9.17, 15) is 4.79 Å². The molecular formula is C11H15N7O3. The van der Waals surface area contributed by atoms with Crippen LogP contribution in [-0.2, 0) is 11.3 Å². The lowest BCUT2D eigenvalue weighted by Crippen LogP contribution is -2.24. The second-order valence-electron chi connectivity index (χ2n) is 3.56. The van der Waals surface area contributed by atoms with Gasteiger partial charge in [0.2, 0.25) is 5.90 Å². The molecule has 0 spiro atoms. The first-order valence-electron chi connectivity index (χ1n) is 5.66. The third-order valence-electron chi connectivity index (χ3n) is 2.26. The number of nitrogens with one attached hydrogen (secondary N) is 4. The molecule has 0 aliphatic carbocycles. The fraction of sp³-hybridized carbons (Fsp3) is 0.182. The van der Waals surface area contributed by atoms with Crippen LogP contribution in [0.15, 0.2) is 29.9 Å². The van der Waals surface area contributed by atoms with Crippen LogP contribution in [-0.4, -0.2) is 24.0 Å². The van der Waals surface area contributed by atoms with Crippen LogP contribution >= 0.6 is 0 Å². The van der Waals surface area contributed by atoms with Gasteiger partial charge in [-0.15, -0.1) is 0 Å². The number of carbonyl (C=O) groups excluding carboxylic acids is 1. The maximum Gasteiger partial charge on any atom is 0.341 e. The van der Waals surface area contributed by atoms with Gasteiger partial charge in [-0.3, -0.25) is 10.4 Å². The Kier molecular flexibility index (Phi) is 6.12. The van der Waals surface area contributed by atoms with E-state index in [0.717, 1.165) is 0 Å². The Morgan fingerprint density at radius 2 is 2.33 bits per heavy atom. The van der Waals surface area contributed by atoms with Crippen LogP contribution < -0.4 is 21.2 Å². The average Bonchev–Trinajstić information content (AvgIpc) is 2.46. The second kappa shape index (κ2) is 8.09. The van der Waals surface area contributed by atoms with Gasteiger partial charge in [-0.25, -0.2) is 10.2 Å². The highest BCUT2D eigenvalue weighted by molar-refractivity contribution is 5.90. The molecule has 0 atom stereocenters. The highest BCUT2D eigenvalue weighted by atomic mass is 16.5. The third kappa shape index (κ3) is 4.78. The van der Waals surface area contributed by atoms with Crippen molar-refractivity contribution in [1.82, 2.24) is 10.4 Å². The van der Waals surface area contributed by atoms with Gasteiger partial charge in [-0.05, 0) is 6.20 Å². The van der Waals surface area contributed by atoms with Gasteiger partial charge in [0.25, 0.3) is 0 Å². The molecule has 0 saturated heterocycles. The van der Waals surface area contributed by atoms with Crippen LogP contribution in [0.5, 0.6) is 5.75 Å². The molecule has 1 aromatic heterocycles. The molecule has 1 rings (SSSR count). The molecule has 0 fully saturated rings. The zero-order chi connectivity index (χ0) is 15.7. The summed E-state index contributed by atoms with van der Waals surface area (Å²) in [7, 11) is 1.44. The molecule has 6 N–H and O–H groups in total. The van der Waals surface area contributed by atoms with Crippen molar-refractivity contribution in [2.45, 2.75) is 6.61 Å². The standard InChI is InChI=1S/C11H15N7O3/c1-20-9-5-15-4-8(16-11(19)17-18-14)7(9)6-21-10(13)2-3-12/h2-5,13H,6,12H2,1H3,(H3,14,16,17,19)/b3-2-,13-10?. The summed E-state index contributed by atoms with van der Waals surface area (Å²) in [6.07, 6.45) is 5.27. The Morgan fingerprint density at radius 3 is 2.95 bits per heavy atom. The van der Waals surface area contributed by atoms with Crippen LogP contribution in [0.4, 0.5) is 10.5 Å². The summed E-state index contributed by atoms with van der Waals surface area (Å²) in [5.74, 6) is 0.230. The van der Waals surface area contributed by atoms with E-state index in [1.807, 2.05) is 5.43 Å². The smallest absolute Gasteiger partial charge is 0.341 e. The first-order chi connectivity index (χ1) is 10.1. The predicted octanol–water partition coefficient (Wildman–Crippen LogP) is 1.12. The Balaban J connectivity index is 2.94. The minimum Gasteiger partial charge on any atom is -0.495 e. The molecule has 0 saturated carbocycles. The van der Waals surface area contributed by atoms with Crippen molar-refractivity contribution >= 4 is 17.6 Å². The van der Waals surface area contributed by atoms with Gasteiger partial charge in [0.05, 0.1) is 30.8 Å². The van der Waals surface area contributed by atoms with Crippen molar-refractivity contribution in [3.05, 3.63) is 30.2 Å². The van der Waals surface area contributed by atoms with Gasteiger partial charge in [-0.1, -0.05) is 5.22 Å². The van der Waals surface area contributed by atoms with Gasteiger partial charge in [0.1, 0.15) is 12.4 Å². The summed E-state index contributed by atoms with van der Waals surface area (Å²) in [4.78, 5) is 15.3. The van der Waals surface area contributed by atoms with Crippen molar-refractivity contribution in [2.24, 2.45) is 11.0 Å². The van der Waals surface area contributed by atoms with E-state index in [4.69, 9.17) is 26.1 Å². The number of hydrogen-bond donors (Lipinski definition) is 5. The van der Waals surface area contributed by atoms with Crippen molar-refractivity contribution in [2.75, 3.05) is 12.4 Å². The minimum absolute atomic E-state index is 0.0392. The maximum absolute atomic E-state index is 11.4. The largest absolute Gasteiger partial charge is 0.495 e. The van der Waals surface area contributed by atoms with Gasteiger partial charge >= 0.3 is 6.03 Å². The monoisotopic (exact) mass is 293 g/mol. The molecule has 0 aromatic carbocycles. The van der Waals surface area contributed by atoms with E-state index in [1.54, 1.807) is 0 Å². The Hall–Kier alpha value is -3.17. The van der Waals surface area contributed by atoms with Gasteiger partial charge < -0.3 is 20.5 Å². The zero-order valence-electron chi connectivity index (χ0n) is 11.2. The summed E-state index contributed by atoms with van der Waals surface area (Å²) >= 11 is 0. The average molecular weight is 293 g/mol. The van der Waals surface area contributed by atoms with Crippen molar-refractivity contribution in [1.29, 1.82) is 10.9 Å². The number of nitrogens with two attached hydrogens (primary N) is 1. The van der Waals surface area contributed by atoms with E-state index in [2.05, 4.69) is 15.5 Å². The number of aromatic nitrogens is 1. The molecule has 10 heteroatoms. The Bertz CT molecular complexity index is 559. The molecule has 0 radical (unpaired) electrons. The van der Waals surface area contributed by atoms with E-state index < -0.39 is 6.03 Å². The number of hydrogen-bond acceptors (Lipinski definition) is 8. The molecular weight excluding hydrogens is 278 g/mol. The number of urea groups is 1. The fourth-order valence-corrected chi connectivity index (χ4v) is 1.39. The van der Waals surface area contributed by atoms with Gasteiger partial charge in [0.15, 0.2) is 0 Å². The number of pyridine rings is 1. The lowest BCUT2D eigenvalue weighted by atomic mass is 10.2. The molecule has 1 aromatic rings. The van der Waals surface area contributed by atoms with Gasteiger partial charge in [-0.2, -0.15) is 5.53 Å². The second-order valence-corrected chi connectivity index (χ2v) is 3.56. The highest BCUT2D eigenvalue weighted by Crippen LogP contribution is 2.25. The summed E-state index contributed by atoms with van der Waals surface area (Å²) in [5, 5.41) is 12.7. The number of carbonyl (C=O) groups is 1. The van der Waals surface area contributed by atoms with E-state index in [-0.39, 0.29) is 12.5 Å².